The van der Waals surface area contributed by atoms with E-state index in [4.69, 9.17) is 60.3 Å². The molecule has 38 nitrogen and oxygen atoms in total. The normalized spacial score (nSPS) is 9.27. The summed E-state index contributed by atoms with van der Waals surface area (Å²) in [6.07, 6.45) is 79.9. The van der Waals surface area contributed by atoms with Crippen molar-refractivity contribution in [1.82, 2.24) is 59.4 Å². The first-order valence-corrected chi connectivity index (χ1v) is 39.7. The van der Waals surface area contributed by atoms with E-state index in [1.165, 1.54) is 0 Å². The number of halogens is 1. The molecular weight excluding hydrogens is 1560 g/mol. The quantitative estimate of drug-likeness (QED) is 0.0768. The van der Waals surface area contributed by atoms with Crippen molar-refractivity contribution in [2.24, 2.45) is 91.6 Å². The molecule has 0 fully saturated rings. The van der Waals surface area contributed by atoms with Gasteiger partial charge in [-0.15, -0.1) is 0 Å². The molecule has 0 saturated heterocycles. The molecule has 13 aromatic heterocycles. The Morgan fingerprint density at radius 2 is 0.198 bits per heavy atom. The SMILES string of the molecule is CCn1cc[n+](C)c1.CCn1cc[n+](C)c1.CCn1cc[n+](C)c1.CCn1cc[n+](C)c1.CCn1cc[n+](C)c1.CCn1cc[n+](C)c1.CCn1cc[n+](C)c1.CCn1cc[n+](C)c1.CCn1cc[n+](C)c1.CCn1cc[n+](C)c1.CCn1cc[n+](C)c1.CCn1cc[n+](C)c1.CCn1cc[n+](C)c1.[F-].[O-]B([O-])[O-].[O-]B([O-])[O-].[O-]B([O-])[O-].[O-]B([O-])[O-]. The van der Waals surface area contributed by atoms with Gasteiger partial charge < -0.3 is 65.0 Å². The van der Waals surface area contributed by atoms with Crippen LogP contribution in [0.5, 0.6) is 0 Å². The average Bonchev–Trinajstić information content (AvgIpc) is 1.96. The smallest absolute Gasteiger partial charge is 0.243 e. The number of aromatic nitrogens is 26. The first-order valence-electron chi connectivity index (χ1n) is 39.7. The molecular formula is C78H143B4FN26O12. The Bertz CT molecular complexity index is 3410. The van der Waals surface area contributed by atoms with Crippen LogP contribution < -0.4 is 124 Å². The van der Waals surface area contributed by atoms with Gasteiger partial charge in [0.2, 0.25) is 82.3 Å². The van der Waals surface area contributed by atoms with E-state index in [-0.39, 0.29) is 4.70 Å². The van der Waals surface area contributed by atoms with Crippen molar-refractivity contribution in [3.05, 3.63) is 243 Å². The lowest BCUT2D eigenvalue weighted by Crippen LogP contribution is -3.00. The predicted molar refractivity (Wildman–Crippen MR) is 430 cm³/mol. The summed E-state index contributed by atoms with van der Waals surface area (Å²) in [6.45, 7) is 41.4. The molecule has 0 bridgehead atoms. The summed E-state index contributed by atoms with van der Waals surface area (Å²) in [5, 5.41) is 101. The third-order valence-electron chi connectivity index (χ3n) is 15.5. The van der Waals surface area contributed by atoms with E-state index in [0.29, 0.717) is 0 Å². The molecule has 0 aliphatic heterocycles. The first kappa shape index (κ1) is 119. The fourth-order valence-electron chi connectivity index (χ4n) is 8.95. The molecule has 0 spiro atoms. The van der Waals surface area contributed by atoms with Gasteiger partial charge >= 0.3 is 0 Å². The van der Waals surface area contributed by atoms with Gasteiger partial charge in [-0.3, -0.25) is 29.3 Å². The molecule has 0 radical (unpaired) electrons. The number of hydrogen-bond donors (Lipinski definition) is 0. The van der Waals surface area contributed by atoms with Crippen molar-refractivity contribution in [2.75, 3.05) is 0 Å². The van der Waals surface area contributed by atoms with Gasteiger partial charge in [-0.1, -0.05) is 0 Å². The van der Waals surface area contributed by atoms with E-state index in [2.05, 4.69) is 312 Å². The Kier molecular flexibility index (Phi) is 73.2. The van der Waals surface area contributed by atoms with Crippen LogP contribution in [0.4, 0.5) is 0 Å². The third kappa shape index (κ3) is 72.0. The molecule has 0 aliphatic rings. The van der Waals surface area contributed by atoms with Crippen LogP contribution >= 0.6 is 0 Å². The Hall–Kier alpha value is -10.6. The molecule has 0 saturated carbocycles. The number of hydrogen-bond acceptors (Lipinski definition) is 12. The highest BCUT2D eigenvalue weighted by Crippen LogP contribution is 1.88. The van der Waals surface area contributed by atoms with Crippen molar-refractivity contribution in [3.8, 4) is 0 Å². The summed E-state index contributed by atoms with van der Waals surface area (Å²) in [5.41, 5.74) is 0. The lowest BCUT2D eigenvalue weighted by Gasteiger charge is -2.35. The minimum absolute atomic E-state index is 0. The highest BCUT2D eigenvalue weighted by Gasteiger charge is 2.01. The molecule has 13 rings (SSSR count). The minimum atomic E-state index is -2.92. The summed E-state index contributed by atoms with van der Waals surface area (Å²) in [6, 6.07) is 0. The molecule has 43 heteroatoms. The van der Waals surface area contributed by atoms with Gasteiger partial charge in [-0.2, -0.15) is 0 Å². The maximum atomic E-state index is 8.42. The van der Waals surface area contributed by atoms with Gasteiger partial charge in [0.05, 0.1) is 177 Å². The number of aryl methyl sites for hydroxylation is 26. The van der Waals surface area contributed by atoms with Gasteiger partial charge in [-0.25, -0.2) is 119 Å². The number of nitrogens with zero attached hydrogens (tertiary/aromatic N) is 26. The number of rotatable bonds is 13. The Morgan fingerprint density at radius 3 is 0.215 bits per heavy atom. The lowest BCUT2D eigenvalue weighted by molar-refractivity contribution is -0.671. The highest BCUT2D eigenvalue weighted by atomic mass is 19.0. The molecule has 121 heavy (non-hydrogen) atoms. The van der Waals surface area contributed by atoms with E-state index in [1.807, 2.05) is 232 Å². The second-order valence-corrected chi connectivity index (χ2v) is 26.0. The van der Waals surface area contributed by atoms with Crippen LogP contribution in [0.1, 0.15) is 90.0 Å². The van der Waals surface area contributed by atoms with Gasteiger partial charge in [0.15, 0.2) is 0 Å². The molecule has 0 unspecified atom stereocenters. The van der Waals surface area contributed by atoms with E-state index >= 15 is 0 Å². The lowest BCUT2D eigenvalue weighted by atomic mass is 10.3. The molecule has 676 valence electrons. The van der Waals surface area contributed by atoms with Crippen molar-refractivity contribution >= 4 is 29.3 Å². The zero-order valence-electron chi connectivity index (χ0n) is 76.9. The summed E-state index contributed by atoms with van der Waals surface area (Å²) in [5.74, 6) is 0. The van der Waals surface area contributed by atoms with Crippen molar-refractivity contribution in [3.63, 3.8) is 0 Å². The standard InChI is InChI=1S/13C6H11N2.4BO3.FH/c13*1-3-8-5-4-7(2)6-8;4*2-1(3)4;/h13*4-6H,3H2,1-2H3;;;;;1H/q13*+1;4*-3;/p-1. The van der Waals surface area contributed by atoms with E-state index in [1.54, 1.807) is 0 Å². The summed E-state index contributed by atoms with van der Waals surface area (Å²) >= 11 is 0. The van der Waals surface area contributed by atoms with Crippen LogP contribution in [0, 0.1) is 0 Å². The first-order chi connectivity index (χ1) is 56.7. The molecule has 0 aromatic carbocycles. The third-order valence-corrected chi connectivity index (χ3v) is 15.5. The van der Waals surface area contributed by atoms with Crippen molar-refractivity contribution in [2.45, 2.75) is 175 Å². The molecule has 13 heterocycles. The van der Waals surface area contributed by atoms with Crippen molar-refractivity contribution in [1.29, 1.82) is 0 Å². The topological polar surface area (TPSA) is 391 Å². The fourth-order valence-corrected chi connectivity index (χ4v) is 8.95. The highest BCUT2D eigenvalue weighted by molar-refractivity contribution is 6.24. The van der Waals surface area contributed by atoms with Crippen LogP contribution in [-0.4, -0.2) is 88.7 Å². The summed E-state index contributed by atoms with van der Waals surface area (Å²) < 4.78 is 54.0. The van der Waals surface area contributed by atoms with Crippen molar-refractivity contribution < 1.29 is 124 Å². The molecule has 0 atom stereocenters. The fraction of sp³-hybridized carbons (Fsp3) is 0.500. The largest absolute Gasteiger partial charge is 1.00 e. The van der Waals surface area contributed by atoms with Crippen LogP contribution in [0.15, 0.2) is 243 Å². The van der Waals surface area contributed by atoms with E-state index < -0.39 is 29.3 Å². The Labute approximate surface area is 719 Å². The zero-order chi connectivity index (χ0) is 92.1. The molecule has 0 aliphatic carbocycles. The monoisotopic (exact) mass is 1700 g/mol. The molecule has 13 aromatic rings. The van der Waals surface area contributed by atoms with E-state index in [0.717, 1.165) is 85.1 Å². The molecule has 0 amide bonds. The Balaban J connectivity index is -0.000000396. The van der Waals surface area contributed by atoms with Crippen LogP contribution in [0.3, 0.4) is 0 Å². The molecule has 0 N–H and O–H groups in total. The van der Waals surface area contributed by atoms with Crippen LogP contribution in [0.25, 0.3) is 0 Å². The maximum Gasteiger partial charge on any atom is 0.243 e. The second kappa shape index (κ2) is 74.5. The van der Waals surface area contributed by atoms with Crippen LogP contribution in [-0.2, 0) is 177 Å². The maximum absolute atomic E-state index is 8.42. The summed E-state index contributed by atoms with van der Waals surface area (Å²) in [7, 11) is 14.6. The predicted octanol–water partition coefficient (Wildman–Crippen LogP) is -14.5. The van der Waals surface area contributed by atoms with Gasteiger partial charge in [0.25, 0.3) is 0 Å². The van der Waals surface area contributed by atoms with Crippen LogP contribution in [0.2, 0.25) is 0 Å². The minimum Gasteiger partial charge on any atom is -1.00 e. The average molecular weight is 1700 g/mol. The van der Waals surface area contributed by atoms with E-state index in [9.17, 15) is 0 Å². The second-order valence-electron chi connectivity index (χ2n) is 26.0. The van der Waals surface area contributed by atoms with Gasteiger partial charge in [0, 0.05) is 0 Å². The summed E-state index contributed by atoms with van der Waals surface area (Å²) in [4.78, 5) is 0. The van der Waals surface area contributed by atoms with Gasteiger partial charge in [-0.05, 0) is 90.0 Å². The van der Waals surface area contributed by atoms with Gasteiger partial charge in [0.1, 0.15) is 161 Å². The Morgan fingerprint density at radius 1 is 0.149 bits per heavy atom. The number of imidazole rings is 13. The zero-order valence-corrected chi connectivity index (χ0v) is 76.9.